The molecular formula is C14H23N3O. The third kappa shape index (κ3) is 5.17. The molecule has 0 saturated carbocycles. The number of aromatic nitrogens is 1. The van der Waals surface area contributed by atoms with Crippen molar-refractivity contribution in [2.75, 3.05) is 18.9 Å². The number of pyridine rings is 1. The van der Waals surface area contributed by atoms with Gasteiger partial charge in [0.05, 0.1) is 11.9 Å². The van der Waals surface area contributed by atoms with Crippen LogP contribution in [0.2, 0.25) is 0 Å². The molecule has 4 heteroatoms. The van der Waals surface area contributed by atoms with Gasteiger partial charge in [0.1, 0.15) is 5.69 Å². The van der Waals surface area contributed by atoms with Crippen LogP contribution in [0.4, 0.5) is 5.69 Å². The zero-order chi connectivity index (χ0) is 13.4. The van der Waals surface area contributed by atoms with Crippen LogP contribution in [0.15, 0.2) is 18.3 Å². The number of amides is 1. The number of carbonyl (C=O) groups excluding carboxylic acids is 1. The number of carbonyl (C=O) groups is 1. The summed E-state index contributed by atoms with van der Waals surface area (Å²) in [7, 11) is 1.82. The Hall–Kier alpha value is -1.58. The molecule has 0 spiro atoms. The van der Waals surface area contributed by atoms with Crippen molar-refractivity contribution in [3.05, 3.63) is 24.0 Å². The van der Waals surface area contributed by atoms with Crippen LogP contribution in [0, 0.1) is 5.92 Å². The molecule has 0 fully saturated rings. The van der Waals surface area contributed by atoms with Gasteiger partial charge >= 0.3 is 0 Å². The van der Waals surface area contributed by atoms with Gasteiger partial charge in [-0.25, -0.2) is 4.98 Å². The van der Waals surface area contributed by atoms with Crippen molar-refractivity contribution < 1.29 is 4.79 Å². The summed E-state index contributed by atoms with van der Waals surface area (Å²) >= 11 is 0. The fourth-order valence-electron chi connectivity index (χ4n) is 1.65. The number of anilines is 1. The van der Waals surface area contributed by atoms with E-state index < -0.39 is 0 Å². The molecule has 0 radical (unpaired) electrons. The van der Waals surface area contributed by atoms with E-state index in [9.17, 15) is 4.79 Å². The van der Waals surface area contributed by atoms with Crippen LogP contribution in [0.25, 0.3) is 0 Å². The van der Waals surface area contributed by atoms with Crippen molar-refractivity contribution in [3.63, 3.8) is 0 Å². The highest BCUT2D eigenvalue weighted by atomic mass is 16.1. The zero-order valence-corrected chi connectivity index (χ0v) is 11.5. The van der Waals surface area contributed by atoms with E-state index in [-0.39, 0.29) is 5.91 Å². The maximum Gasteiger partial charge on any atom is 0.269 e. The Kier molecular flexibility index (Phi) is 6.19. The molecule has 0 unspecified atom stereocenters. The third-order valence-electron chi connectivity index (χ3n) is 2.78. The predicted octanol–water partition coefficient (Wildman–Crippen LogP) is 2.68. The first-order valence-corrected chi connectivity index (χ1v) is 6.55. The zero-order valence-electron chi connectivity index (χ0n) is 11.5. The largest absolute Gasteiger partial charge is 0.387 e. The van der Waals surface area contributed by atoms with E-state index >= 15 is 0 Å². The van der Waals surface area contributed by atoms with Crippen molar-refractivity contribution >= 4 is 11.6 Å². The molecule has 2 N–H and O–H groups in total. The topological polar surface area (TPSA) is 54.0 Å². The lowest BCUT2D eigenvalue weighted by molar-refractivity contribution is 0.0948. The van der Waals surface area contributed by atoms with Crippen molar-refractivity contribution in [1.29, 1.82) is 0 Å². The molecule has 1 aromatic heterocycles. The van der Waals surface area contributed by atoms with E-state index in [1.54, 1.807) is 12.3 Å². The summed E-state index contributed by atoms with van der Waals surface area (Å²) in [5.74, 6) is 0.638. The maximum absolute atomic E-state index is 11.7. The third-order valence-corrected chi connectivity index (χ3v) is 2.78. The molecule has 0 saturated heterocycles. The quantitative estimate of drug-likeness (QED) is 0.730. The Labute approximate surface area is 109 Å². The molecule has 0 atom stereocenters. The first kappa shape index (κ1) is 14.5. The lowest BCUT2D eigenvalue weighted by atomic mass is 10.1. The van der Waals surface area contributed by atoms with Crippen LogP contribution in [0.1, 0.15) is 43.6 Å². The Morgan fingerprint density at radius 2 is 2.11 bits per heavy atom. The second-order valence-corrected chi connectivity index (χ2v) is 4.83. The first-order chi connectivity index (χ1) is 8.63. The van der Waals surface area contributed by atoms with Gasteiger partial charge < -0.3 is 10.6 Å². The number of nitrogens with zero attached hydrogens (tertiary/aromatic N) is 1. The molecule has 100 valence electrons. The van der Waals surface area contributed by atoms with E-state index in [2.05, 4.69) is 29.5 Å². The minimum Gasteiger partial charge on any atom is -0.387 e. The molecular weight excluding hydrogens is 226 g/mol. The highest BCUT2D eigenvalue weighted by Gasteiger charge is 2.05. The predicted molar refractivity (Wildman–Crippen MR) is 74.8 cm³/mol. The van der Waals surface area contributed by atoms with Crippen LogP contribution >= 0.6 is 0 Å². The number of rotatable bonds is 7. The maximum atomic E-state index is 11.7. The molecule has 18 heavy (non-hydrogen) atoms. The highest BCUT2D eigenvalue weighted by molar-refractivity contribution is 5.92. The summed E-state index contributed by atoms with van der Waals surface area (Å²) in [6.07, 6.45) is 5.06. The second-order valence-electron chi connectivity index (χ2n) is 4.83. The van der Waals surface area contributed by atoms with Crippen LogP contribution < -0.4 is 10.6 Å². The van der Waals surface area contributed by atoms with Gasteiger partial charge in [-0.05, 0) is 24.5 Å². The van der Waals surface area contributed by atoms with Crippen LogP contribution in [-0.4, -0.2) is 24.5 Å². The van der Waals surface area contributed by atoms with Gasteiger partial charge in [-0.1, -0.05) is 26.7 Å². The molecule has 0 aromatic carbocycles. The molecule has 1 amide bonds. The lowest BCUT2D eigenvalue weighted by Gasteiger charge is -2.06. The van der Waals surface area contributed by atoms with Gasteiger partial charge in [-0.3, -0.25) is 4.79 Å². The molecule has 0 aliphatic rings. The highest BCUT2D eigenvalue weighted by Crippen LogP contribution is 2.06. The van der Waals surface area contributed by atoms with E-state index in [1.807, 2.05) is 13.1 Å². The number of hydrogen-bond acceptors (Lipinski definition) is 3. The standard InChI is InChI=1S/C14H23N3O/c1-11(2)6-4-5-9-16-14(18)13-8-7-12(15-3)10-17-13/h7-8,10-11,15H,4-6,9H2,1-3H3,(H,16,18). The van der Waals surface area contributed by atoms with Gasteiger partial charge in [0.2, 0.25) is 0 Å². The molecule has 0 aliphatic heterocycles. The molecule has 1 rings (SSSR count). The van der Waals surface area contributed by atoms with Crippen molar-refractivity contribution in [1.82, 2.24) is 10.3 Å². The van der Waals surface area contributed by atoms with Gasteiger partial charge in [0.25, 0.3) is 5.91 Å². The number of nitrogens with one attached hydrogen (secondary N) is 2. The lowest BCUT2D eigenvalue weighted by Crippen LogP contribution is -2.25. The summed E-state index contributed by atoms with van der Waals surface area (Å²) in [6, 6.07) is 3.58. The fourth-order valence-corrected chi connectivity index (χ4v) is 1.65. The van der Waals surface area contributed by atoms with Crippen molar-refractivity contribution in [2.24, 2.45) is 5.92 Å². The monoisotopic (exact) mass is 249 g/mol. The van der Waals surface area contributed by atoms with Gasteiger partial charge in [-0.15, -0.1) is 0 Å². The molecule has 0 bridgehead atoms. The Morgan fingerprint density at radius 1 is 1.33 bits per heavy atom. The Morgan fingerprint density at radius 3 is 2.67 bits per heavy atom. The SMILES string of the molecule is CNc1ccc(C(=O)NCCCCC(C)C)nc1. The smallest absolute Gasteiger partial charge is 0.269 e. The minimum atomic E-state index is -0.0952. The van der Waals surface area contributed by atoms with Gasteiger partial charge in [0.15, 0.2) is 0 Å². The normalized spacial score (nSPS) is 10.4. The van der Waals surface area contributed by atoms with E-state index in [0.717, 1.165) is 31.0 Å². The Bertz CT molecular complexity index is 360. The van der Waals surface area contributed by atoms with Crippen LogP contribution in [-0.2, 0) is 0 Å². The van der Waals surface area contributed by atoms with Crippen molar-refractivity contribution in [3.8, 4) is 0 Å². The summed E-state index contributed by atoms with van der Waals surface area (Å²) in [5.41, 5.74) is 1.38. The van der Waals surface area contributed by atoms with Crippen LogP contribution in [0.3, 0.4) is 0 Å². The average molecular weight is 249 g/mol. The summed E-state index contributed by atoms with van der Waals surface area (Å²) < 4.78 is 0. The van der Waals surface area contributed by atoms with E-state index in [1.165, 1.54) is 6.42 Å². The summed E-state index contributed by atoms with van der Waals surface area (Å²) in [6.45, 7) is 5.15. The molecule has 1 heterocycles. The second kappa shape index (κ2) is 7.69. The minimum absolute atomic E-state index is 0.0952. The molecule has 4 nitrogen and oxygen atoms in total. The van der Waals surface area contributed by atoms with Crippen LogP contribution in [0.5, 0.6) is 0 Å². The number of hydrogen-bond donors (Lipinski definition) is 2. The fraction of sp³-hybridized carbons (Fsp3) is 0.571. The van der Waals surface area contributed by atoms with Gasteiger partial charge in [0, 0.05) is 13.6 Å². The van der Waals surface area contributed by atoms with Gasteiger partial charge in [-0.2, -0.15) is 0 Å². The Balaban J connectivity index is 2.27. The molecule has 0 aliphatic carbocycles. The average Bonchev–Trinajstić information content (AvgIpc) is 2.38. The number of unbranched alkanes of at least 4 members (excludes halogenated alkanes) is 1. The summed E-state index contributed by atoms with van der Waals surface area (Å²) in [5, 5.41) is 5.86. The summed E-state index contributed by atoms with van der Waals surface area (Å²) in [4.78, 5) is 15.8. The van der Waals surface area contributed by atoms with Crippen molar-refractivity contribution in [2.45, 2.75) is 33.1 Å². The molecule has 1 aromatic rings. The van der Waals surface area contributed by atoms with E-state index in [0.29, 0.717) is 5.69 Å². The first-order valence-electron chi connectivity index (χ1n) is 6.55. The van der Waals surface area contributed by atoms with E-state index in [4.69, 9.17) is 0 Å².